The van der Waals surface area contributed by atoms with Crippen molar-refractivity contribution in [2.75, 3.05) is 7.11 Å². The molecule has 3 aromatic rings. The molecule has 3 rings (SSSR count). The van der Waals surface area contributed by atoms with Gasteiger partial charge in [-0.1, -0.05) is 11.6 Å². The maximum absolute atomic E-state index is 12.6. The third-order valence-electron chi connectivity index (χ3n) is 4.28. The van der Waals surface area contributed by atoms with Crippen LogP contribution in [-0.4, -0.2) is 22.8 Å². The number of ether oxygens (including phenoxy) is 2. The second-order valence-corrected chi connectivity index (χ2v) is 6.53. The van der Waals surface area contributed by atoms with Crippen molar-refractivity contribution in [1.29, 1.82) is 0 Å². The first-order valence-corrected chi connectivity index (χ1v) is 9.32. The Balaban J connectivity index is 1.68. The van der Waals surface area contributed by atoms with Gasteiger partial charge in [-0.05, 0) is 55.5 Å². The molecule has 0 atom stereocenters. The Morgan fingerprint density at radius 1 is 1.18 bits per heavy atom. The molecule has 1 heterocycles. The average Bonchev–Trinajstić information content (AvgIpc) is 3.19. The zero-order valence-electron chi connectivity index (χ0n) is 15.8. The number of aryl methyl sites for hydroxylation is 1. The molecule has 2 aromatic carbocycles. The summed E-state index contributed by atoms with van der Waals surface area (Å²) in [5, 5.41) is 7.78. The Morgan fingerprint density at radius 2 is 1.96 bits per heavy atom. The molecule has 1 amide bonds. The molecule has 0 unspecified atom stereocenters. The number of amides is 1. The van der Waals surface area contributed by atoms with Crippen LogP contribution in [0, 0.1) is 0 Å². The van der Waals surface area contributed by atoms with Gasteiger partial charge in [0.15, 0.2) is 0 Å². The van der Waals surface area contributed by atoms with Crippen LogP contribution in [0.1, 0.15) is 28.5 Å². The van der Waals surface area contributed by atoms with Crippen molar-refractivity contribution in [2.45, 2.75) is 26.6 Å². The lowest BCUT2D eigenvalue weighted by atomic mass is 10.1. The number of nitrogens with zero attached hydrogens (tertiary/aromatic N) is 2. The lowest BCUT2D eigenvalue weighted by molar-refractivity contribution is 0.0949. The lowest BCUT2D eigenvalue weighted by Crippen LogP contribution is -2.24. The van der Waals surface area contributed by atoms with E-state index in [-0.39, 0.29) is 12.5 Å². The Morgan fingerprint density at radius 3 is 2.68 bits per heavy atom. The van der Waals surface area contributed by atoms with E-state index in [2.05, 4.69) is 10.4 Å². The van der Waals surface area contributed by atoms with Gasteiger partial charge in [-0.15, -0.1) is 0 Å². The molecule has 0 bridgehead atoms. The molecule has 1 aromatic heterocycles. The maximum atomic E-state index is 12.6. The molecule has 0 aliphatic heterocycles. The number of nitrogens with one attached hydrogen (secondary N) is 1. The van der Waals surface area contributed by atoms with Crippen LogP contribution in [0.3, 0.4) is 0 Å². The average molecular weight is 400 g/mol. The summed E-state index contributed by atoms with van der Waals surface area (Å²) < 4.78 is 13.0. The fraction of sp³-hybridized carbons (Fsp3) is 0.238. The minimum atomic E-state index is -0.167. The van der Waals surface area contributed by atoms with E-state index in [9.17, 15) is 4.79 Å². The summed E-state index contributed by atoms with van der Waals surface area (Å²) in [6.45, 7) is 3.45. The second kappa shape index (κ2) is 9.28. The highest BCUT2D eigenvalue weighted by Crippen LogP contribution is 2.23. The van der Waals surface area contributed by atoms with Crippen LogP contribution in [0.15, 0.2) is 54.7 Å². The molecule has 0 saturated heterocycles. The van der Waals surface area contributed by atoms with E-state index in [1.807, 2.05) is 17.7 Å². The van der Waals surface area contributed by atoms with Crippen molar-refractivity contribution in [3.63, 3.8) is 0 Å². The first kappa shape index (κ1) is 19.8. The van der Waals surface area contributed by atoms with Crippen LogP contribution in [0.25, 0.3) is 0 Å². The van der Waals surface area contributed by atoms with Crippen LogP contribution in [0.2, 0.25) is 5.02 Å². The van der Waals surface area contributed by atoms with Crippen LogP contribution < -0.4 is 14.8 Å². The summed E-state index contributed by atoms with van der Waals surface area (Å²) in [5.74, 6) is 1.18. The molecule has 28 heavy (non-hydrogen) atoms. The molecule has 0 radical (unpaired) electrons. The van der Waals surface area contributed by atoms with E-state index < -0.39 is 0 Å². The highest BCUT2D eigenvalue weighted by molar-refractivity contribution is 6.30. The zero-order valence-corrected chi connectivity index (χ0v) is 16.6. The quantitative estimate of drug-likeness (QED) is 0.620. The van der Waals surface area contributed by atoms with Gasteiger partial charge in [0.1, 0.15) is 18.1 Å². The van der Waals surface area contributed by atoms with E-state index in [4.69, 9.17) is 21.1 Å². The number of halogens is 1. The first-order chi connectivity index (χ1) is 13.6. The standard InChI is InChI=1S/C21H22ClN3O3/c1-3-25-18(10-11-24-25)13-23-21(26)15-4-9-20(27-2)16(12-15)14-28-19-7-5-17(22)6-8-19/h4-12H,3,13-14H2,1-2H3,(H,23,26). The van der Waals surface area contributed by atoms with Gasteiger partial charge in [-0.3, -0.25) is 9.48 Å². The zero-order chi connectivity index (χ0) is 19.9. The Kier molecular flexibility index (Phi) is 6.55. The smallest absolute Gasteiger partial charge is 0.251 e. The summed E-state index contributed by atoms with van der Waals surface area (Å²) in [7, 11) is 1.59. The molecule has 0 aliphatic carbocycles. The monoisotopic (exact) mass is 399 g/mol. The third-order valence-corrected chi connectivity index (χ3v) is 4.54. The molecule has 0 saturated carbocycles. The Labute approximate surface area is 169 Å². The van der Waals surface area contributed by atoms with E-state index in [1.54, 1.807) is 55.8 Å². The summed E-state index contributed by atoms with van der Waals surface area (Å²) in [6, 6.07) is 14.3. The predicted molar refractivity (Wildman–Crippen MR) is 108 cm³/mol. The van der Waals surface area contributed by atoms with Gasteiger partial charge in [0.25, 0.3) is 5.91 Å². The van der Waals surface area contributed by atoms with E-state index in [0.717, 1.165) is 17.8 Å². The molecule has 146 valence electrons. The lowest BCUT2D eigenvalue weighted by Gasteiger charge is -2.13. The molecule has 0 fully saturated rings. The molecule has 6 nitrogen and oxygen atoms in total. The van der Waals surface area contributed by atoms with Gasteiger partial charge in [0.2, 0.25) is 0 Å². The maximum Gasteiger partial charge on any atom is 0.251 e. The number of rotatable bonds is 8. The minimum absolute atomic E-state index is 0.167. The molecule has 0 aliphatic rings. The van der Waals surface area contributed by atoms with Gasteiger partial charge < -0.3 is 14.8 Å². The summed E-state index contributed by atoms with van der Waals surface area (Å²) in [5.41, 5.74) is 2.28. The van der Waals surface area contributed by atoms with Crippen molar-refractivity contribution in [3.8, 4) is 11.5 Å². The topological polar surface area (TPSA) is 65.4 Å². The highest BCUT2D eigenvalue weighted by Gasteiger charge is 2.12. The van der Waals surface area contributed by atoms with Crippen molar-refractivity contribution in [1.82, 2.24) is 15.1 Å². The van der Waals surface area contributed by atoms with E-state index in [1.165, 1.54) is 0 Å². The number of carbonyl (C=O) groups is 1. The second-order valence-electron chi connectivity index (χ2n) is 6.09. The number of hydrogen-bond acceptors (Lipinski definition) is 4. The van der Waals surface area contributed by atoms with Crippen molar-refractivity contribution >= 4 is 17.5 Å². The predicted octanol–water partition coefficient (Wildman–Crippen LogP) is 4.07. The van der Waals surface area contributed by atoms with Gasteiger partial charge in [-0.25, -0.2) is 0 Å². The van der Waals surface area contributed by atoms with Crippen molar-refractivity contribution in [2.24, 2.45) is 0 Å². The first-order valence-electron chi connectivity index (χ1n) is 8.95. The number of methoxy groups -OCH3 is 1. The largest absolute Gasteiger partial charge is 0.496 e. The molecule has 1 N–H and O–H groups in total. The normalized spacial score (nSPS) is 10.5. The SMILES string of the molecule is CCn1nccc1CNC(=O)c1ccc(OC)c(COc2ccc(Cl)cc2)c1. The fourth-order valence-electron chi connectivity index (χ4n) is 2.79. The number of carbonyl (C=O) groups excluding carboxylic acids is 1. The number of hydrogen-bond donors (Lipinski definition) is 1. The summed E-state index contributed by atoms with van der Waals surface area (Å²) >= 11 is 5.89. The highest BCUT2D eigenvalue weighted by atomic mass is 35.5. The fourth-order valence-corrected chi connectivity index (χ4v) is 2.92. The minimum Gasteiger partial charge on any atom is -0.496 e. The van der Waals surface area contributed by atoms with Crippen LogP contribution in [0.4, 0.5) is 0 Å². The summed E-state index contributed by atoms with van der Waals surface area (Å²) in [6.07, 6.45) is 1.73. The number of aromatic nitrogens is 2. The van der Waals surface area contributed by atoms with Gasteiger partial charge in [0.05, 0.1) is 19.3 Å². The van der Waals surface area contributed by atoms with E-state index >= 15 is 0 Å². The summed E-state index contributed by atoms with van der Waals surface area (Å²) in [4.78, 5) is 12.6. The Hall–Kier alpha value is -2.99. The third kappa shape index (κ3) is 4.84. The van der Waals surface area contributed by atoms with Gasteiger partial charge in [-0.2, -0.15) is 5.10 Å². The van der Waals surface area contributed by atoms with Crippen molar-refractivity contribution < 1.29 is 14.3 Å². The molecule has 7 heteroatoms. The molecular weight excluding hydrogens is 378 g/mol. The van der Waals surface area contributed by atoms with Crippen LogP contribution in [-0.2, 0) is 19.7 Å². The molecular formula is C21H22ClN3O3. The Bertz CT molecular complexity index is 938. The van der Waals surface area contributed by atoms with Crippen molar-refractivity contribution in [3.05, 3.63) is 76.6 Å². The van der Waals surface area contributed by atoms with Gasteiger partial charge in [0, 0.05) is 28.9 Å². The number of benzene rings is 2. The van der Waals surface area contributed by atoms with Crippen LogP contribution in [0.5, 0.6) is 11.5 Å². The van der Waals surface area contributed by atoms with E-state index in [0.29, 0.717) is 28.6 Å². The van der Waals surface area contributed by atoms with Crippen LogP contribution >= 0.6 is 11.6 Å². The molecule has 0 spiro atoms. The van der Waals surface area contributed by atoms with Gasteiger partial charge >= 0.3 is 0 Å².